The van der Waals surface area contributed by atoms with E-state index in [1.165, 1.54) is 0 Å². The molecule has 1 aromatic rings. The van der Waals surface area contributed by atoms with Crippen LogP contribution in [0.4, 0.5) is 10.5 Å². The highest BCUT2D eigenvalue weighted by atomic mass is 35.5. The van der Waals surface area contributed by atoms with Crippen molar-refractivity contribution < 1.29 is 14.7 Å². The van der Waals surface area contributed by atoms with Gasteiger partial charge in [-0.3, -0.25) is 4.79 Å². The molecule has 0 bridgehead atoms. The molecular formula is C13H17ClN2O3. The lowest BCUT2D eigenvalue weighted by Gasteiger charge is -2.10. The minimum Gasteiger partial charge on any atom is -0.481 e. The van der Waals surface area contributed by atoms with Crippen LogP contribution in [0.3, 0.4) is 0 Å². The molecule has 0 heterocycles. The number of hydrogen-bond donors (Lipinski definition) is 3. The van der Waals surface area contributed by atoms with E-state index in [1.54, 1.807) is 12.1 Å². The summed E-state index contributed by atoms with van der Waals surface area (Å²) in [5, 5.41) is 14.4. The van der Waals surface area contributed by atoms with Crippen LogP contribution in [0, 0.1) is 13.8 Å². The zero-order chi connectivity index (χ0) is 14.4. The maximum atomic E-state index is 11.6. The summed E-state index contributed by atoms with van der Waals surface area (Å²) >= 11 is 6.03. The molecule has 0 spiro atoms. The summed E-state index contributed by atoms with van der Waals surface area (Å²) in [6, 6.07) is 3.21. The third-order valence-corrected chi connectivity index (χ3v) is 3.14. The highest BCUT2D eigenvalue weighted by molar-refractivity contribution is 6.32. The Kier molecular flexibility index (Phi) is 5.63. The molecule has 104 valence electrons. The smallest absolute Gasteiger partial charge is 0.319 e. The molecular weight excluding hydrogens is 268 g/mol. The molecule has 0 saturated heterocycles. The van der Waals surface area contributed by atoms with Crippen molar-refractivity contribution in [2.45, 2.75) is 26.7 Å². The van der Waals surface area contributed by atoms with Crippen molar-refractivity contribution in [1.29, 1.82) is 0 Å². The van der Waals surface area contributed by atoms with Crippen molar-refractivity contribution in [2.24, 2.45) is 0 Å². The molecule has 19 heavy (non-hydrogen) atoms. The van der Waals surface area contributed by atoms with Crippen LogP contribution in [0.5, 0.6) is 0 Å². The van der Waals surface area contributed by atoms with Crippen molar-refractivity contribution >= 4 is 29.3 Å². The zero-order valence-electron chi connectivity index (χ0n) is 10.9. The number of aryl methyl sites for hydroxylation is 2. The van der Waals surface area contributed by atoms with Crippen LogP contribution < -0.4 is 10.6 Å². The van der Waals surface area contributed by atoms with Crippen LogP contribution in [-0.2, 0) is 4.79 Å². The quantitative estimate of drug-likeness (QED) is 0.727. The number of halogens is 1. The Bertz CT molecular complexity index is 466. The molecule has 0 atom stereocenters. The minimum atomic E-state index is -0.869. The van der Waals surface area contributed by atoms with E-state index in [-0.39, 0.29) is 12.5 Å². The van der Waals surface area contributed by atoms with E-state index in [0.29, 0.717) is 23.7 Å². The van der Waals surface area contributed by atoms with Crippen molar-refractivity contribution in [1.82, 2.24) is 5.32 Å². The van der Waals surface area contributed by atoms with Crippen LogP contribution in [0.2, 0.25) is 5.02 Å². The Hall–Kier alpha value is -1.75. The third kappa shape index (κ3) is 5.18. The van der Waals surface area contributed by atoms with Crippen LogP contribution >= 0.6 is 11.6 Å². The van der Waals surface area contributed by atoms with Crippen LogP contribution in [0.25, 0.3) is 0 Å². The molecule has 0 fully saturated rings. The van der Waals surface area contributed by atoms with Gasteiger partial charge in [-0.2, -0.15) is 0 Å². The number of carbonyl (C=O) groups is 2. The van der Waals surface area contributed by atoms with Crippen molar-refractivity contribution in [3.05, 3.63) is 28.3 Å². The minimum absolute atomic E-state index is 0.0411. The van der Waals surface area contributed by atoms with Crippen LogP contribution in [0.1, 0.15) is 24.0 Å². The number of rotatable bonds is 5. The van der Waals surface area contributed by atoms with Gasteiger partial charge < -0.3 is 15.7 Å². The van der Waals surface area contributed by atoms with Gasteiger partial charge in [-0.15, -0.1) is 0 Å². The molecule has 6 heteroatoms. The molecule has 0 aliphatic rings. The summed E-state index contributed by atoms with van der Waals surface area (Å²) in [5.41, 5.74) is 2.45. The standard InChI is InChI=1S/C13H17ClN2O3/c1-8-6-10(7-9(2)12(8)14)16-13(19)15-5-3-4-11(17)18/h6-7H,3-5H2,1-2H3,(H,17,18)(H2,15,16,19). The predicted molar refractivity (Wildman–Crippen MR) is 74.8 cm³/mol. The first-order valence-electron chi connectivity index (χ1n) is 5.93. The Morgan fingerprint density at radius 2 is 1.84 bits per heavy atom. The Morgan fingerprint density at radius 1 is 1.26 bits per heavy atom. The second kappa shape index (κ2) is 6.99. The largest absolute Gasteiger partial charge is 0.481 e. The number of carbonyl (C=O) groups excluding carboxylic acids is 1. The summed E-state index contributed by atoms with van der Waals surface area (Å²) in [6.07, 6.45) is 0.445. The number of benzene rings is 1. The molecule has 5 nitrogen and oxygen atoms in total. The molecule has 1 rings (SSSR count). The molecule has 0 unspecified atom stereocenters. The van der Waals surface area contributed by atoms with Gasteiger partial charge in [0, 0.05) is 23.7 Å². The summed E-state index contributed by atoms with van der Waals surface area (Å²) < 4.78 is 0. The summed E-state index contributed by atoms with van der Waals surface area (Å²) in [6.45, 7) is 4.06. The van der Waals surface area contributed by atoms with Gasteiger partial charge in [0.25, 0.3) is 0 Å². The number of carboxylic acid groups (broad SMARTS) is 1. The number of carboxylic acids is 1. The summed E-state index contributed by atoms with van der Waals surface area (Å²) in [5.74, 6) is -0.869. The fourth-order valence-corrected chi connectivity index (χ4v) is 1.74. The van der Waals surface area contributed by atoms with Gasteiger partial charge in [0.15, 0.2) is 0 Å². The first-order chi connectivity index (χ1) is 8.90. The Labute approximate surface area is 117 Å². The average Bonchev–Trinajstić information content (AvgIpc) is 2.31. The fraction of sp³-hybridized carbons (Fsp3) is 0.385. The summed E-state index contributed by atoms with van der Waals surface area (Å²) in [4.78, 5) is 21.9. The monoisotopic (exact) mass is 284 g/mol. The molecule has 0 aromatic heterocycles. The summed E-state index contributed by atoms with van der Waals surface area (Å²) in [7, 11) is 0. The van der Waals surface area contributed by atoms with E-state index in [4.69, 9.17) is 16.7 Å². The third-order valence-electron chi connectivity index (χ3n) is 2.55. The molecule has 0 saturated carbocycles. The Balaban J connectivity index is 2.46. The number of hydrogen-bond acceptors (Lipinski definition) is 2. The Morgan fingerprint density at radius 3 is 2.37 bits per heavy atom. The highest BCUT2D eigenvalue weighted by Gasteiger charge is 2.06. The number of aliphatic carboxylic acids is 1. The fourth-order valence-electron chi connectivity index (χ4n) is 1.63. The van der Waals surface area contributed by atoms with E-state index in [9.17, 15) is 9.59 Å². The van der Waals surface area contributed by atoms with Crippen molar-refractivity contribution in [3.63, 3.8) is 0 Å². The van der Waals surface area contributed by atoms with Gasteiger partial charge in [-0.25, -0.2) is 4.79 Å². The first kappa shape index (κ1) is 15.3. The van der Waals surface area contributed by atoms with E-state index in [2.05, 4.69) is 10.6 Å². The van der Waals surface area contributed by atoms with Crippen LogP contribution in [0.15, 0.2) is 12.1 Å². The maximum Gasteiger partial charge on any atom is 0.319 e. The lowest BCUT2D eigenvalue weighted by molar-refractivity contribution is -0.137. The second-order valence-corrected chi connectivity index (χ2v) is 4.68. The average molecular weight is 285 g/mol. The van der Waals surface area contributed by atoms with Gasteiger partial charge in [0.05, 0.1) is 0 Å². The molecule has 2 amide bonds. The van der Waals surface area contributed by atoms with E-state index < -0.39 is 5.97 Å². The lowest BCUT2D eigenvalue weighted by Crippen LogP contribution is -2.29. The highest BCUT2D eigenvalue weighted by Crippen LogP contribution is 2.24. The predicted octanol–water partition coefficient (Wildman–Crippen LogP) is 2.94. The normalized spacial score (nSPS) is 10.1. The number of urea groups is 1. The van der Waals surface area contributed by atoms with E-state index in [0.717, 1.165) is 11.1 Å². The molecule has 0 aliphatic carbocycles. The molecule has 3 N–H and O–H groups in total. The van der Waals surface area contributed by atoms with E-state index in [1.807, 2.05) is 13.8 Å². The first-order valence-corrected chi connectivity index (χ1v) is 6.31. The van der Waals surface area contributed by atoms with Gasteiger partial charge in [-0.1, -0.05) is 11.6 Å². The number of amides is 2. The van der Waals surface area contributed by atoms with Crippen molar-refractivity contribution in [3.8, 4) is 0 Å². The van der Waals surface area contributed by atoms with Gasteiger partial charge in [-0.05, 0) is 43.5 Å². The number of anilines is 1. The maximum absolute atomic E-state index is 11.6. The van der Waals surface area contributed by atoms with Gasteiger partial charge >= 0.3 is 12.0 Å². The topological polar surface area (TPSA) is 78.4 Å². The lowest BCUT2D eigenvalue weighted by atomic mass is 10.1. The van der Waals surface area contributed by atoms with Gasteiger partial charge in [0.1, 0.15) is 0 Å². The van der Waals surface area contributed by atoms with E-state index >= 15 is 0 Å². The van der Waals surface area contributed by atoms with Gasteiger partial charge in [0.2, 0.25) is 0 Å². The molecule has 0 aliphatic heterocycles. The van der Waals surface area contributed by atoms with Crippen LogP contribution in [-0.4, -0.2) is 23.7 Å². The SMILES string of the molecule is Cc1cc(NC(=O)NCCCC(=O)O)cc(C)c1Cl. The number of nitrogens with one attached hydrogen (secondary N) is 2. The molecule has 1 aromatic carbocycles. The van der Waals surface area contributed by atoms with Crippen molar-refractivity contribution in [2.75, 3.05) is 11.9 Å². The molecule has 0 radical (unpaired) electrons. The second-order valence-electron chi connectivity index (χ2n) is 4.30. The zero-order valence-corrected chi connectivity index (χ0v) is 11.7.